The average molecular weight is 544 g/mol. The number of esters is 2. The van der Waals surface area contributed by atoms with Crippen LogP contribution in [0.5, 0.6) is 11.5 Å². The van der Waals surface area contributed by atoms with Crippen LogP contribution in [0.2, 0.25) is 0 Å². The molecule has 0 radical (unpaired) electrons. The predicted octanol–water partition coefficient (Wildman–Crippen LogP) is 0.308. The van der Waals surface area contributed by atoms with E-state index in [2.05, 4.69) is 19.9 Å². The minimum atomic E-state index is -0.929. The summed E-state index contributed by atoms with van der Waals surface area (Å²) >= 11 is 0. The van der Waals surface area contributed by atoms with Crippen molar-refractivity contribution in [3.8, 4) is 11.5 Å². The van der Waals surface area contributed by atoms with E-state index in [4.69, 9.17) is 28.3 Å². The van der Waals surface area contributed by atoms with Crippen molar-refractivity contribution >= 4 is 31.5 Å². The largest absolute Gasteiger partial charge is 0.576 e. The minimum absolute atomic E-state index is 0.0795. The molecule has 0 bridgehead atoms. The van der Waals surface area contributed by atoms with Crippen LogP contribution in [0.1, 0.15) is 25.7 Å². The van der Waals surface area contributed by atoms with Gasteiger partial charge in [0.15, 0.2) is 11.2 Å². The van der Waals surface area contributed by atoms with Crippen molar-refractivity contribution in [3.63, 3.8) is 0 Å². The lowest BCUT2D eigenvalue weighted by Gasteiger charge is -2.38. The molecule has 15 heteroatoms. The van der Waals surface area contributed by atoms with Gasteiger partial charge in [-0.25, -0.2) is 29.5 Å². The summed E-state index contributed by atoms with van der Waals surface area (Å²) in [5.74, 6) is 1.22. The van der Waals surface area contributed by atoms with Gasteiger partial charge in [0.2, 0.25) is 11.9 Å². The second-order valence-electron chi connectivity index (χ2n) is 9.20. The Morgan fingerprint density at radius 1 is 0.667 bits per heavy atom. The van der Waals surface area contributed by atoms with Crippen LogP contribution in [-0.2, 0) is 28.5 Å². The fraction of sp³-hybridized carbons (Fsp3) is 0.583. The maximum Gasteiger partial charge on any atom is 0.576 e. The molecule has 14 nitrogen and oxygen atoms in total. The molecule has 0 atom stereocenters. The molecule has 2 aromatic rings. The number of nitrogens with zero attached hydrogens (tertiary/aromatic N) is 6. The SMILES string of the molecule is COC(=O)C1(OC)CCN(c2ncc(OBOc3cnc(N4CCC(OC)(C(=O)OC)CC4)nc3)cn2)CC1. The van der Waals surface area contributed by atoms with Crippen molar-refractivity contribution in [1.82, 2.24) is 19.9 Å². The van der Waals surface area contributed by atoms with Crippen LogP contribution in [0.15, 0.2) is 24.8 Å². The summed E-state index contributed by atoms with van der Waals surface area (Å²) in [7, 11) is 5.68. The highest BCUT2D eigenvalue weighted by molar-refractivity contribution is 6.20. The number of aromatic nitrogens is 4. The van der Waals surface area contributed by atoms with E-state index in [-0.39, 0.29) is 19.6 Å². The van der Waals surface area contributed by atoms with Gasteiger partial charge in [-0.2, -0.15) is 0 Å². The van der Waals surface area contributed by atoms with Gasteiger partial charge >= 0.3 is 19.6 Å². The summed E-state index contributed by atoms with van der Waals surface area (Å²) in [6.07, 6.45) is 8.17. The Kier molecular flexibility index (Phi) is 9.02. The first-order valence-corrected chi connectivity index (χ1v) is 12.6. The quantitative estimate of drug-likeness (QED) is 0.298. The molecule has 2 saturated heterocycles. The first-order valence-electron chi connectivity index (χ1n) is 12.6. The maximum atomic E-state index is 12.1. The summed E-state index contributed by atoms with van der Waals surface area (Å²) < 4.78 is 31.9. The fourth-order valence-corrected chi connectivity index (χ4v) is 4.75. The van der Waals surface area contributed by atoms with Crippen molar-refractivity contribution in [3.05, 3.63) is 24.8 Å². The number of rotatable bonds is 10. The molecule has 2 fully saturated rings. The zero-order valence-corrected chi connectivity index (χ0v) is 22.6. The van der Waals surface area contributed by atoms with Gasteiger partial charge in [-0.1, -0.05) is 0 Å². The van der Waals surface area contributed by atoms with Gasteiger partial charge in [0, 0.05) is 66.1 Å². The summed E-state index contributed by atoms with van der Waals surface area (Å²) in [6, 6.07) is 0. The molecule has 4 rings (SSSR count). The number of ether oxygens (including phenoxy) is 4. The zero-order chi connectivity index (χ0) is 27.9. The molecule has 0 aliphatic carbocycles. The summed E-state index contributed by atoms with van der Waals surface area (Å²) in [5.41, 5.74) is -1.86. The highest BCUT2D eigenvalue weighted by Gasteiger charge is 2.44. The van der Waals surface area contributed by atoms with Gasteiger partial charge in [0.1, 0.15) is 11.5 Å². The van der Waals surface area contributed by atoms with Crippen LogP contribution >= 0.6 is 0 Å². The highest BCUT2D eigenvalue weighted by Crippen LogP contribution is 2.30. The van der Waals surface area contributed by atoms with Crippen molar-refractivity contribution in [2.24, 2.45) is 0 Å². The molecule has 0 spiro atoms. The third-order valence-corrected chi connectivity index (χ3v) is 7.28. The number of hydrogen-bond donors (Lipinski definition) is 0. The Balaban J connectivity index is 1.22. The summed E-state index contributed by atoms with van der Waals surface area (Å²) in [5, 5.41) is 0. The van der Waals surface area contributed by atoms with E-state index < -0.39 is 11.2 Å². The molecular weight excluding hydrogens is 511 g/mol. The minimum Gasteiger partial charge on any atom is -0.526 e. The summed E-state index contributed by atoms with van der Waals surface area (Å²) in [4.78, 5) is 45.7. The molecule has 0 unspecified atom stereocenters. The third kappa shape index (κ3) is 6.14. The Hall–Kier alpha value is -3.72. The topological polar surface area (TPSA) is 148 Å². The smallest absolute Gasteiger partial charge is 0.526 e. The van der Waals surface area contributed by atoms with Crippen LogP contribution in [-0.4, -0.2) is 105 Å². The lowest BCUT2D eigenvalue weighted by Crippen LogP contribution is -2.51. The third-order valence-electron chi connectivity index (χ3n) is 7.28. The van der Waals surface area contributed by atoms with Crippen molar-refractivity contribution < 1.29 is 37.8 Å². The van der Waals surface area contributed by atoms with E-state index in [9.17, 15) is 9.59 Å². The van der Waals surface area contributed by atoms with Gasteiger partial charge in [0.05, 0.1) is 39.0 Å². The Bertz CT molecular complexity index is 1020. The van der Waals surface area contributed by atoms with Crippen LogP contribution in [0, 0.1) is 0 Å². The van der Waals surface area contributed by atoms with Gasteiger partial charge < -0.3 is 38.1 Å². The number of anilines is 2. The van der Waals surface area contributed by atoms with Crippen molar-refractivity contribution in [2.75, 3.05) is 64.4 Å². The fourth-order valence-electron chi connectivity index (χ4n) is 4.75. The van der Waals surface area contributed by atoms with E-state index in [1.54, 1.807) is 24.8 Å². The second-order valence-corrected chi connectivity index (χ2v) is 9.20. The van der Waals surface area contributed by atoms with Gasteiger partial charge in [-0.15, -0.1) is 0 Å². The Morgan fingerprint density at radius 3 is 1.28 bits per heavy atom. The predicted molar refractivity (Wildman–Crippen MR) is 139 cm³/mol. The number of piperidine rings is 2. The van der Waals surface area contributed by atoms with Gasteiger partial charge in [0.25, 0.3) is 0 Å². The van der Waals surface area contributed by atoms with Crippen LogP contribution in [0.4, 0.5) is 11.9 Å². The van der Waals surface area contributed by atoms with Crippen molar-refractivity contribution in [1.29, 1.82) is 0 Å². The Morgan fingerprint density at radius 2 is 1.00 bits per heavy atom. The van der Waals surface area contributed by atoms with Crippen LogP contribution in [0.25, 0.3) is 0 Å². The molecule has 39 heavy (non-hydrogen) atoms. The van der Waals surface area contributed by atoms with E-state index in [1.807, 2.05) is 9.80 Å². The summed E-state index contributed by atoms with van der Waals surface area (Å²) in [6.45, 7) is 2.22. The molecule has 210 valence electrons. The molecule has 2 aliphatic rings. The van der Waals surface area contributed by atoms with Gasteiger partial charge in [-0.3, -0.25) is 0 Å². The molecule has 2 aliphatic heterocycles. The molecule has 0 saturated carbocycles. The first kappa shape index (κ1) is 28.3. The normalized spacial score (nSPS) is 18.2. The number of carbonyl (C=O) groups excluding carboxylic acids is 2. The van der Waals surface area contributed by atoms with E-state index >= 15 is 0 Å². The number of hydrogen-bond acceptors (Lipinski definition) is 14. The molecule has 0 amide bonds. The first-order chi connectivity index (χ1) is 18.9. The standard InChI is InChI=1S/C24H33BN6O8/c1-34-19(32)23(36-3)5-9-30(10-6-23)21-26-13-17(14-27-21)38-25-39-18-15-28-22(29-16-18)31-11-7-24(37-4,8-12-31)20(33)35-2/h13-16,25H,5-12H2,1-4H3. The number of methoxy groups -OCH3 is 4. The molecule has 0 N–H and O–H groups in total. The lowest BCUT2D eigenvalue weighted by atomic mass is 9.91. The highest BCUT2D eigenvalue weighted by atomic mass is 16.6. The zero-order valence-electron chi connectivity index (χ0n) is 22.6. The van der Waals surface area contributed by atoms with Crippen LogP contribution in [0.3, 0.4) is 0 Å². The maximum absolute atomic E-state index is 12.1. The average Bonchev–Trinajstić information content (AvgIpc) is 3.01. The second kappa shape index (κ2) is 12.4. The lowest BCUT2D eigenvalue weighted by molar-refractivity contribution is -0.169. The molecular formula is C24H33BN6O8. The van der Waals surface area contributed by atoms with Crippen LogP contribution < -0.4 is 19.1 Å². The van der Waals surface area contributed by atoms with E-state index in [0.717, 1.165) is 0 Å². The molecule has 0 aromatic carbocycles. The Labute approximate surface area is 227 Å². The van der Waals surface area contributed by atoms with Crippen molar-refractivity contribution in [2.45, 2.75) is 36.9 Å². The molecule has 4 heterocycles. The van der Waals surface area contributed by atoms with E-state index in [1.165, 1.54) is 28.4 Å². The van der Waals surface area contributed by atoms with E-state index in [0.29, 0.717) is 75.3 Å². The molecule has 2 aromatic heterocycles. The number of carbonyl (C=O) groups is 2. The van der Waals surface area contributed by atoms with Gasteiger partial charge in [-0.05, 0) is 0 Å². The monoisotopic (exact) mass is 544 g/mol.